The molecule has 1 amide bonds. The van der Waals surface area contributed by atoms with Gasteiger partial charge in [0.1, 0.15) is 0 Å². The zero-order chi connectivity index (χ0) is 22.9. The average molecular weight is 464 g/mol. The Balaban J connectivity index is 1.92. The number of esters is 1. The summed E-state index contributed by atoms with van der Waals surface area (Å²) in [4.78, 5) is 26.2. The highest BCUT2D eigenvalue weighted by Gasteiger charge is 2.25. The first-order valence-electron chi connectivity index (χ1n) is 9.42. The lowest BCUT2D eigenvalue weighted by atomic mass is 10.2. The summed E-state index contributed by atoms with van der Waals surface area (Å²) in [6.45, 7) is 1.38. The van der Waals surface area contributed by atoms with Crippen molar-refractivity contribution >= 4 is 39.2 Å². The van der Waals surface area contributed by atoms with Crippen molar-refractivity contribution in [2.45, 2.75) is 30.8 Å². The predicted molar refractivity (Wildman–Crippen MR) is 116 cm³/mol. The van der Waals surface area contributed by atoms with Crippen LogP contribution >= 0.6 is 11.6 Å². The number of nitrogens with zero attached hydrogens (tertiary/aromatic N) is 2. The number of rotatable bonds is 10. The molecular formula is C21H22ClN3O5S. The molecule has 0 aromatic heterocycles. The van der Waals surface area contributed by atoms with E-state index in [-0.39, 0.29) is 35.8 Å². The van der Waals surface area contributed by atoms with Gasteiger partial charge in [-0.3, -0.25) is 9.59 Å². The van der Waals surface area contributed by atoms with Gasteiger partial charge in [-0.2, -0.15) is 5.26 Å². The third-order valence-electron chi connectivity index (χ3n) is 4.16. The van der Waals surface area contributed by atoms with E-state index in [4.69, 9.17) is 21.6 Å². The lowest BCUT2D eigenvalue weighted by molar-refractivity contribution is -0.153. The Labute approximate surface area is 186 Å². The van der Waals surface area contributed by atoms with E-state index in [1.807, 2.05) is 6.07 Å². The number of sulfonamides is 1. The standard InChI is InChI=1S/C21H22ClN3O5S/c1-16(21(27)25(14-6-12-23)18-8-3-2-4-9-18)30-20(26)11-13-24-31(28,29)19-10-5-7-17(22)15-19/h2-5,7-10,15-16,24H,6,11,13-14H2,1H3. The van der Waals surface area contributed by atoms with Gasteiger partial charge in [-0.1, -0.05) is 35.9 Å². The number of hydrogen-bond acceptors (Lipinski definition) is 6. The van der Waals surface area contributed by atoms with Crippen molar-refractivity contribution in [3.63, 3.8) is 0 Å². The number of carbonyl (C=O) groups excluding carboxylic acids is 2. The van der Waals surface area contributed by atoms with Crippen molar-refractivity contribution in [2.75, 3.05) is 18.0 Å². The summed E-state index contributed by atoms with van der Waals surface area (Å²) < 4.78 is 31.9. The average Bonchev–Trinajstić information content (AvgIpc) is 2.74. The molecular weight excluding hydrogens is 442 g/mol. The maximum atomic E-state index is 12.8. The van der Waals surface area contributed by atoms with Crippen LogP contribution in [-0.4, -0.2) is 39.5 Å². The molecule has 164 valence electrons. The molecule has 1 atom stereocenters. The molecule has 0 bridgehead atoms. The van der Waals surface area contributed by atoms with Crippen molar-refractivity contribution in [2.24, 2.45) is 0 Å². The highest BCUT2D eigenvalue weighted by Crippen LogP contribution is 2.17. The van der Waals surface area contributed by atoms with E-state index in [0.29, 0.717) is 5.69 Å². The van der Waals surface area contributed by atoms with Gasteiger partial charge in [0.05, 0.1) is 23.8 Å². The molecule has 0 heterocycles. The zero-order valence-electron chi connectivity index (χ0n) is 16.8. The summed E-state index contributed by atoms with van der Waals surface area (Å²) >= 11 is 5.80. The fourth-order valence-corrected chi connectivity index (χ4v) is 4.00. The SMILES string of the molecule is CC(OC(=O)CCNS(=O)(=O)c1cccc(Cl)c1)C(=O)N(CCC#N)c1ccccc1. The van der Waals surface area contributed by atoms with Gasteiger partial charge >= 0.3 is 5.97 Å². The van der Waals surface area contributed by atoms with Gasteiger partial charge in [0.15, 0.2) is 6.10 Å². The van der Waals surface area contributed by atoms with Crippen molar-refractivity contribution in [1.29, 1.82) is 5.26 Å². The van der Waals surface area contributed by atoms with E-state index >= 15 is 0 Å². The summed E-state index contributed by atoms with van der Waals surface area (Å²) in [5.74, 6) is -1.21. The van der Waals surface area contributed by atoms with Gasteiger partial charge in [-0.25, -0.2) is 13.1 Å². The van der Waals surface area contributed by atoms with E-state index in [0.717, 1.165) is 0 Å². The van der Waals surface area contributed by atoms with Crippen molar-refractivity contribution in [1.82, 2.24) is 4.72 Å². The quantitative estimate of drug-likeness (QED) is 0.541. The Bertz CT molecular complexity index is 1050. The lowest BCUT2D eigenvalue weighted by Gasteiger charge is -2.25. The molecule has 10 heteroatoms. The molecule has 0 radical (unpaired) electrons. The van der Waals surface area contributed by atoms with Crippen LogP contribution in [0, 0.1) is 11.3 Å². The van der Waals surface area contributed by atoms with E-state index in [1.54, 1.807) is 36.4 Å². The molecule has 1 unspecified atom stereocenters. The molecule has 8 nitrogen and oxygen atoms in total. The second-order valence-corrected chi connectivity index (χ2v) is 8.67. The lowest BCUT2D eigenvalue weighted by Crippen LogP contribution is -2.41. The minimum atomic E-state index is -3.83. The van der Waals surface area contributed by atoms with Gasteiger partial charge in [0.2, 0.25) is 10.0 Å². The Morgan fingerprint density at radius 3 is 2.55 bits per heavy atom. The normalized spacial score (nSPS) is 11.9. The highest BCUT2D eigenvalue weighted by molar-refractivity contribution is 7.89. The van der Waals surface area contributed by atoms with Crippen LogP contribution in [0.25, 0.3) is 0 Å². The fourth-order valence-electron chi connectivity index (χ4n) is 2.67. The monoisotopic (exact) mass is 463 g/mol. The van der Waals surface area contributed by atoms with Crippen molar-refractivity contribution < 1.29 is 22.7 Å². The van der Waals surface area contributed by atoms with Crippen LogP contribution in [0.15, 0.2) is 59.5 Å². The smallest absolute Gasteiger partial charge is 0.307 e. The third-order valence-corrected chi connectivity index (χ3v) is 5.86. The number of nitriles is 1. The van der Waals surface area contributed by atoms with Crippen molar-refractivity contribution in [3.8, 4) is 6.07 Å². The molecule has 0 aliphatic carbocycles. The molecule has 0 aliphatic rings. The minimum Gasteiger partial charge on any atom is -0.452 e. The van der Waals surface area contributed by atoms with Crippen LogP contribution in [0.3, 0.4) is 0 Å². The Morgan fingerprint density at radius 2 is 1.90 bits per heavy atom. The number of nitrogens with one attached hydrogen (secondary N) is 1. The van der Waals surface area contributed by atoms with E-state index in [9.17, 15) is 18.0 Å². The maximum Gasteiger partial charge on any atom is 0.307 e. The number of para-hydroxylation sites is 1. The van der Waals surface area contributed by atoms with Crippen molar-refractivity contribution in [3.05, 3.63) is 59.6 Å². The van der Waals surface area contributed by atoms with E-state index in [2.05, 4.69) is 4.72 Å². The number of benzene rings is 2. The zero-order valence-corrected chi connectivity index (χ0v) is 18.4. The number of amides is 1. The summed E-state index contributed by atoms with van der Waals surface area (Å²) in [5.41, 5.74) is 0.583. The first-order chi connectivity index (χ1) is 14.7. The number of ether oxygens (including phenoxy) is 1. The van der Waals surface area contributed by atoms with Crippen LogP contribution < -0.4 is 9.62 Å². The second-order valence-electron chi connectivity index (χ2n) is 6.47. The van der Waals surface area contributed by atoms with E-state index in [1.165, 1.54) is 30.0 Å². The summed E-state index contributed by atoms with van der Waals surface area (Å²) in [6.07, 6.45) is -1.25. The molecule has 1 N–H and O–H groups in total. The largest absolute Gasteiger partial charge is 0.452 e. The molecule has 2 aromatic rings. The molecule has 31 heavy (non-hydrogen) atoms. The Hall–Kier alpha value is -2.93. The number of halogens is 1. The molecule has 0 fully saturated rings. The van der Waals surface area contributed by atoms with Gasteiger partial charge < -0.3 is 9.64 Å². The van der Waals surface area contributed by atoms with Crippen LogP contribution in [-0.2, 0) is 24.3 Å². The number of anilines is 1. The summed E-state index contributed by atoms with van der Waals surface area (Å²) in [5, 5.41) is 9.12. The van der Waals surface area contributed by atoms with Gasteiger partial charge in [-0.05, 0) is 37.3 Å². The molecule has 2 aromatic carbocycles. The van der Waals surface area contributed by atoms with Gasteiger partial charge in [-0.15, -0.1) is 0 Å². The van der Waals surface area contributed by atoms with Crippen LogP contribution in [0.4, 0.5) is 5.69 Å². The highest BCUT2D eigenvalue weighted by atomic mass is 35.5. The van der Waals surface area contributed by atoms with E-state index < -0.39 is 28.0 Å². The van der Waals surface area contributed by atoms with Crippen LogP contribution in [0.1, 0.15) is 19.8 Å². The topological polar surface area (TPSA) is 117 Å². The maximum absolute atomic E-state index is 12.8. The molecule has 0 spiro atoms. The predicted octanol–water partition coefficient (Wildman–Crippen LogP) is 2.89. The van der Waals surface area contributed by atoms with Crippen LogP contribution in [0.2, 0.25) is 5.02 Å². The van der Waals surface area contributed by atoms with Gasteiger partial charge in [0, 0.05) is 23.8 Å². The Kier molecular flexibility index (Phi) is 9.00. The number of hydrogen-bond donors (Lipinski definition) is 1. The first-order valence-corrected chi connectivity index (χ1v) is 11.3. The fraction of sp³-hybridized carbons (Fsp3) is 0.286. The molecule has 0 saturated carbocycles. The molecule has 0 aliphatic heterocycles. The molecule has 0 saturated heterocycles. The van der Waals surface area contributed by atoms with Crippen LogP contribution in [0.5, 0.6) is 0 Å². The second kappa shape index (κ2) is 11.5. The summed E-state index contributed by atoms with van der Waals surface area (Å²) in [6, 6.07) is 16.5. The third kappa shape index (κ3) is 7.36. The number of carbonyl (C=O) groups is 2. The summed E-state index contributed by atoms with van der Waals surface area (Å²) in [7, 11) is -3.83. The Morgan fingerprint density at radius 1 is 1.19 bits per heavy atom. The molecule has 2 rings (SSSR count). The first kappa shape index (κ1) is 24.3. The van der Waals surface area contributed by atoms with Gasteiger partial charge in [0.25, 0.3) is 5.91 Å². The minimum absolute atomic E-state index is 0.0205.